The molecule has 3 fully saturated rings. The van der Waals surface area contributed by atoms with Gasteiger partial charge in [-0.05, 0) is 63.9 Å². The molecule has 0 radical (unpaired) electrons. The number of esters is 1. The average Bonchev–Trinajstić information content (AvgIpc) is 3.37. The van der Waals surface area contributed by atoms with Crippen molar-refractivity contribution in [3.05, 3.63) is 29.8 Å². The number of anilines is 1. The van der Waals surface area contributed by atoms with Gasteiger partial charge in [0.25, 0.3) is 0 Å². The van der Waals surface area contributed by atoms with Crippen LogP contribution in [0.3, 0.4) is 0 Å². The second kappa shape index (κ2) is 19.7. The molecular weight excluding hydrogens is 600 g/mol. The first-order chi connectivity index (χ1) is 22.8. The van der Waals surface area contributed by atoms with Crippen LogP contribution in [0.2, 0.25) is 0 Å². The summed E-state index contributed by atoms with van der Waals surface area (Å²) in [5, 5.41) is 2.85. The second-order valence-electron chi connectivity index (χ2n) is 13.8. The van der Waals surface area contributed by atoms with Crippen LogP contribution in [-0.2, 0) is 39.6 Å². The van der Waals surface area contributed by atoms with Crippen molar-refractivity contribution >= 4 is 17.7 Å². The van der Waals surface area contributed by atoms with Crippen LogP contribution in [0.15, 0.2) is 24.3 Å². The first-order valence-corrected chi connectivity index (χ1v) is 18.3. The maximum atomic E-state index is 13.3. The summed E-state index contributed by atoms with van der Waals surface area (Å²) in [6.07, 6.45) is 14.3. The largest absolute Gasteiger partial charge is 0.469 e. The number of hydrogen-bond donors (Lipinski definition) is 1. The van der Waals surface area contributed by atoms with E-state index in [1.807, 2.05) is 13.8 Å². The van der Waals surface area contributed by atoms with Crippen LogP contribution in [-0.4, -0.2) is 86.8 Å². The number of ether oxygens (including phenoxy) is 6. The van der Waals surface area contributed by atoms with Crippen molar-refractivity contribution in [2.75, 3.05) is 38.7 Å². The Morgan fingerprint density at radius 3 is 2.19 bits per heavy atom. The Hall–Kier alpha value is -2.24. The molecule has 3 heterocycles. The molecule has 266 valence electrons. The normalized spacial score (nSPS) is 24.8. The number of fused-ring (bicyclic) bond motifs is 1. The Labute approximate surface area is 282 Å². The van der Waals surface area contributed by atoms with Gasteiger partial charge in [0.2, 0.25) is 0 Å². The number of nitrogens with zero attached hydrogens (tertiary/aromatic N) is 1. The predicted molar refractivity (Wildman–Crippen MR) is 181 cm³/mol. The number of likely N-dealkylation sites (tertiary alicyclic amines) is 1. The molecule has 1 unspecified atom stereocenters. The molecule has 10 nitrogen and oxygen atoms in total. The molecular formula is C37H60N2O8. The Kier molecular flexibility index (Phi) is 15.7. The molecule has 1 aromatic carbocycles. The van der Waals surface area contributed by atoms with Crippen molar-refractivity contribution in [2.24, 2.45) is 0 Å². The summed E-state index contributed by atoms with van der Waals surface area (Å²) >= 11 is 0. The van der Waals surface area contributed by atoms with E-state index in [1.54, 1.807) is 24.3 Å². The summed E-state index contributed by atoms with van der Waals surface area (Å²) in [6, 6.07) is 7.08. The van der Waals surface area contributed by atoms with E-state index in [9.17, 15) is 9.59 Å². The molecule has 4 rings (SSSR count). The van der Waals surface area contributed by atoms with E-state index in [0.29, 0.717) is 18.8 Å². The highest BCUT2D eigenvalue weighted by Gasteiger charge is 2.58. The summed E-state index contributed by atoms with van der Waals surface area (Å²) < 4.78 is 36.4. The van der Waals surface area contributed by atoms with Crippen LogP contribution in [0.1, 0.15) is 116 Å². The van der Waals surface area contributed by atoms with Crippen LogP contribution in [0.4, 0.5) is 10.5 Å². The van der Waals surface area contributed by atoms with Gasteiger partial charge in [-0.3, -0.25) is 15.0 Å². The first kappa shape index (κ1) is 37.6. The summed E-state index contributed by atoms with van der Waals surface area (Å²) in [6.45, 7) is 9.06. The zero-order valence-electron chi connectivity index (χ0n) is 29.3. The van der Waals surface area contributed by atoms with Crippen molar-refractivity contribution in [3.63, 3.8) is 0 Å². The molecule has 0 saturated carbocycles. The Bertz CT molecular complexity index is 1060. The highest BCUT2D eigenvalue weighted by Crippen LogP contribution is 2.40. The van der Waals surface area contributed by atoms with Crippen LogP contribution in [0.5, 0.6) is 0 Å². The van der Waals surface area contributed by atoms with E-state index in [0.717, 1.165) is 44.3 Å². The fourth-order valence-corrected chi connectivity index (χ4v) is 6.81. The number of carbonyl (C=O) groups is 2. The molecule has 3 saturated heterocycles. The van der Waals surface area contributed by atoms with Gasteiger partial charge >= 0.3 is 12.1 Å². The number of unbranched alkanes of at least 4 members (excludes halogenated alkanes) is 9. The zero-order chi connectivity index (χ0) is 33.5. The van der Waals surface area contributed by atoms with E-state index in [-0.39, 0.29) is 12.4 Å². The number of benzene rings is 1. The number of nitrogens with one attached hydrogen (secondary N) is 1. The minimum atomic E-state index is -0.780. The Morgan fingerprint density at radius 1 is 0.915 bits per heavy atom. The van der Waals surface area contributed by atoms with Crippen molar-refractivity contribution in [1.29, 1.82) is 0 Å². The third-order valence-corrected chi connectivity index (χ3v) is 9.37. The molecule has 0 aliphatic carbocycles. The highest BCUT2D eigenvalue weighted by atomic mass is 16.8. The van der Waals surface area contributed by atoms with Crippen molar-refractivity contribution in [3.8, 4) is 0 Å². The van der Waals surface area contributed by atoms with E-state index in [2.05, 4.69) is 17.1 Å². The lowest BCUT2D eigenvalue weighted by atomic mass is 10.0. The standard InChI is InChI=1S/C37H60N2O8/c1-5-6-7-8-9-10-11-12-15-18-25-43-33-32(45-35-34(33)46-37(2,3)47-35)30(27-39-23-16-13-14-17-24-39)44-36(41)38-29-21-19-28(20-22-29)26-31(40)42-4/h19-22,30,32-35H,5-18,23-27H2,1-4H3,(H,38,41)/t30?,32-,33+,34-,35-/m1/s1. The molecule has 3 aliphatic heterocycles. The Morgan fingerprint density at radius 2 is 1.55 bits per heavy atom. The quantitative estimate of drug-likeness (QED) is 0.120. The number of carbonyl (C=O) groups excluding carboxylic acids is 2. The van der Waals surface area contributed by atoms with Crippen LogP contribution in [0, 0.1) is 0 Å². The summed E-state index contributed by atoms with van der Waals surface area (Å²) in [7, 11) is 1.37. The van der Waals surface area contributed by atoms with Crippen molar-refractivity contribution in [2.45, 2.75) is 154 Å². The zero-order valence-corrected chi connectivity index (χ0v) is 29.3. The first-order valence-electron chi connectivity index (χ1n) is 18.3. The molecule has 3 aliphatic rings. The third kappa shape index (κ3) is 12.6. The fraction of sp³-hybridized carbons (Fsp3) is 0.784. The molecule has 1 aromatic rings. The van der Waals surface area contributed by atoms with Gasteiger partial charge in [0, 0.05) is 18.8 Å². The minimum absolute atomic E-state index is 0.169. The van der Waals surface area contributed by atoms with Gasteiger partial charge in [0.05, 0.1) is 13.5 Å². The smallest absolute Gasteiger partial charge is 0.412 e. The molecule has 1 amide bonds. The fourth-order valence-electron chi connectivity index (χ4n) is 6.81. The Balaban J connectivity index is 1.37. The molecule has 0 spiro atoms. The summed E-state index contributed by atoms with van der Waals surface area (Å²) in [5.41, 5.74) is 1.37. The van der Waals surface area contributed by atoms with Crippen molar-refractivity contribution < 1.29 is 38.0 Å². The molecule has 1 N–H and O–H groups in total. The number of hydrogen-bond acceptors (Lipinski definition) is 9. The number of methoxy groups -OCH3 is 1. The monoisotopic (exact) mass is 660 g/mol. The average molecular weight is 661 g/mol. The maximum Gasteiger partial charge on any atom is 0.412 e. The summed E-state index contributed by atoms with van der Waals surface area (Å²) in [5.74, 6) is -1.10. The lowest BCUT2D eigenvalue weighted by molar-refractivity contribution is -0.230. The van der Waals surface area contributed by atoms with E-state index in [1.165, 1.54) is 71.3 Å². The van der Waals surface area contributed by atoms with Crippen LogP contribution in [0.25, 0.3) is 0 Å². The van der Waals surface area contributed by atoms with E-state index in [4.69, 9.17) is 28.4 Å². The number of rotatable bonds is 19. The second-order valence-corrected chi connectivity index (χ2v) is 13.8. The van der Waals surface area contributed by atoms with Crippen LogP contribution < -0.4 is 5.32 Å². The third-order valence-electron chi connectivity index (χ3n) is 9.37. The van der Waals surface area contributed by atoms with Gasteiger partial charge in [0.1, 0.15) is 24.4 Å². The van der Waals surface area contributed by atoms with Gasteiger partial charge in [-0.1, -0.05) is 89.7 Å². The molecule has 0 bridgehead atoms. The lowest BCUT2D eigenvalue weighted by Gasteiger charge is -2.33. The summed E-state index contributed by atoms with van der Waals surface area (Å²) in [4.78, 5) is 27.3. The molecule has 5 atom stereocenters. The van der Waals surface area contributed by atoms with Gasteiger partial charge in [0.15, 0.2) is 12.1 Å². The van der Waals surface area contributed by atoms with E-state index < -0.39 is 42.6 Å². The van der Waals surface area contributed by atoms with Gasteiger partial charge in [-0.25, -0.2) is 4.79 Å². The van der Waals surface area contributed by atoms with Gasteiger partial charge in [-0.15, -0.1) is 0 Å². The SMILES string of the molecule is CCCCCCCCCCCCO[C@@H]1[C@H]2OC(C)(C)O[C@H]2O[C@@H]1C(CN1CCCCCC1)OC(=O)Nc1ccc(CC(=O)OC)cc1. The van der Waals surface area contributed by atoms with Gasteiger partial charge < -0.3 is 28.4 Å². The minimum Gasteiger partial charge on any atom is -0.469 e. The lowest BCUT2D eigenvalue weighted by Crippen LogP contribution is -2.50. The predicted octanol–water partition coefficient (Wildman–Crippen LogP) is 7.38. The van der Waals surface area contributed by atoms with E-state index >= 15 is 0 Å². The molecule has 47 heavy (non-hydrogen) atoms. The maximum absolute atomic E-state index is 13.3. The van der Waals surface area contributed by atoms with Gasteiger partial charge in [-0.2, -0.15) is 0 Å². The van der Waals surface area contributed by atoms with Crippen LogP contribution >= 0.6 is 0 Å². The number of amides is 1. The van der Waals surface area contributed by atoms with Crippen molar-refractivity contribution in [1.82, 2.24) is 4.90 Å². The molecule has 10 heteroatoms. The highest BCUT2D eigenvalue weighted by molar-refractivity contribution is 5.84. The topological polar surface area (TPSA) is 105 Å². The molecule has 0 aromatic heterocycles.